The SMILES string of the molecule is CC/C(=C\F)COc1ccc(S(=O)(=O)N2CCC(C(=O)NC3CC3)CC2)cn1.CC/C(=C\F)COc1ccc(S(=O)(=O)N2CCC(C)(C(=O)O)CC2)cn1.CC/C(=C\F)COc1ccc(S(=O)(=O)N2CCC(C)(C(N)=O)CC2)cn1. The Hall–Kier alpha value is -6.00. The van der Waals surface area contributed by atoms with Gasteiger partial charge in [-0.1, -0.05) is 27.7 Å². The van der Waals surface area contributed by atoms with Gasteiger partial charge in [0.1, 0.15) is 34.5 Å². The molecule has 0 aromatic carbocycles. The van der Waals surface area contributed by atoms with Gasteiger partial charge in [-0.05, 0) is 112 Å². The molecule has 21 nitrogen and oxygen atoms in total. The summed E-state index contributed by atoms with van der Waals surface area (Å²) < 4.78 is 134. The van der Waals surface area contributed by atoms with Crippen LogP contribution in [-0.2, 0) is 44.5 Å². The van der Waals surface area contributed by atoms with Gasteiger partial charge in [0.15, 0.2) is 0 Å². The van der Waals surface area contributed by atoms with Crippen LogP contribution in [0.5, 0.6) is 17.6 Å². The molecule has 3 saturated heterocycles. The number of nitrogens with two attached hydrogens (primary N) is 1. The predicted molar refractivity (Wildman–Crippen MR) is 289 cm³/mol. The average Bonchev–Trinajstić information content (AvgIpc) is 4.29. The zero-order valence-electron chi connectivity index (χ0n) is 45.7. The lowest BCUT2D eigenvalue weighted by Crippen LogP contribution is -2.47. The van der Waals surface area contributed by atoms with Crippen molar-refractivity contribution in [1.82, 2.24) is 33.2 Å². The van der Waals surface area contributed by atoms with Gasteiger partial charge in [-0.25, -0.2) is 53.4 Å². The number of carboxylic acids is 1. The van der Waals surface area contributed by atoms with Crippen molar-refractivity contribution >= 4 is 47.9 Å². The molecule has 4 aliphatic rings. The molecule has 2 amide bonds. The highest BCUT2D eigenvalue weighted by molar-refractivity contribution is 7.89. The lowest BCUT2D eigenvalue weighted by Gasteiger charge is -2.36. The lowest BCUT2D eigenvalue weighted by atomic mass is 9.80. The summed E-state index contributed by atoms with van der Waals surface area (Å²) in [5, 5.41) is 12.2. The number of piperidine rings is 3. The minimum Gasteiger partial charge on any atom is -0.481 e. The van der Waals surface area contributed by atoms with E-state index in [1.165, 1.54) is 67.9 Å². The Bertz CT molecular complexity index is 2860. The number of amides is 2. The topological polar surface area (TPSA) is 288 Å². The van der Waals surface area contributed by atoms with E-state index in [0.29, 0.717) is 99.8 Å². The number of carboxylic acid groups (broad SMARTS) is 1. The van der Waals surface area contributed by atoms with E-state index in [9.17, 15) is 57.9 Å². The molecule has 4 fully saturated rings. The summed E-state index contributed by atoms with van der Waals surface area (Å²) >= 11 is 0. The van der Waals surface area contributed by atoms with Crippen molar-refractivity contribution in [2.24, 2.45) is 22.5 Å². The van der Waals surface area contributed by atoms with E-state index in [1.807, 2.05) is 6.92 Å². The van der Waals surface area contributed by atoms with Crippen molar-refractivity contribution in [2.45, 2.75) is 126 Å². The number of carbonyl (C=O) groups is 3. The Morgan fingerprint density at radius 3 is 1.18 bits per heavy atom. The number of aliphatic carboxylic acids is 1. The summed E-state index contributed by atoms with van der Waals surface area (Å²) in [7, 11) is -11.1. The maximum atomic E-state index is 12.8. The molecule has 4 N–H and O–H groups in total. The normalized spacial score (nSPS) is 18.8. The highest BCUT2D eigenvalue weighted by atomic mass is 32.2. The minimum absolute atomic E-state index is 0.0144. The number of halogens is 3. The van der Waals surface area contributed by atoms with E-state index < -0.39 is 52.8 Å². The zero-order chi connectivity index (χ0) is 58.9. The first-order valence-corrected chi connectivity index (χ1v) is 30.7. The van der Waals surface area contributed by atoms with Crippen LogP contribution >= 0.6 is 0 Å². The number of nitrogens with zero attached hydrogens (tertiary/aromatic N) is 6. The maximum absolute atomic E-state index is 12.8. The van der Waals surface area contributed by atoms with Crippen molar-refractivity contribution in [1.29, 1.82) is 0 Å². The van der Waals surface area contributed by atoms with Crippen LogP contribution in [0.4, 0.5) is 13.2 Å². The van der Waals surface area contributed by atoms with E-state index in [-0.39, 0.29) is 103 Å². The number of primary amides is 1. The van der Waals surface area contributed by atoms with E-state index in [0.717, 1.165) is 12.8 Å². The fraction of sp³-hybridized carbons (Fsp3) is 0.547. The Balaban J connectivity index is 0.000000221. The number of aromatic nitrogens is 3. The van der Waals surface area contributed by atoms with Gasteiger partial charge in [-0.15, -0.1) is 0 Å². The fourth-order valence-electron chi connectivity index (χ4n) is 8.20. The maximum Gasteiger partial charge on any atom is 0.309 e. The number of ether oxygens (including phenoxy) is 3. The molecule has 3 aromatic rings. The van der Waals surface area contributed by atoms with Crippen LogP contribution in [0.3, 0.4) is 0 Å². The molecular weight excluding hydrogens is 1110 g/mol. The monoisotopic (exact) mass is 1180 g/mol. The Morgan fingerprint density at radius 2 is 0.912 bits per heavy atom. The molecule has 1 saturated carbocycles. The molecule has 6 heterocycles. The summed E-state index contributed by atoms with van der Waals surface area (Å²) in [6.07, 6.45) is 11.1. The molecule has 0 atom stereocenters. The Kier molecular flexibility index (Phi) is 23.6. The van der Waals surface area contributed by atoms with Gasteiger partial charge in [-0.3, -0.25) is 14.4 Å². The third kappa shape index (κ3) is 17.5. The molecule has 1 aliphatic carbocycles. The molecule has 0 bridgehead atoms. The molecule has 0 spiro atoms. The van der Waals surface area contributed by atoms with Gasteiger partial charge in [0.05, 0.1) is 43.0 Å². The molecule has 7 rings (SSSR count). The quantitative estimate of drug-likeness (QED) is 0.0912. The number of pyridine rings is 3. The summed E-state index contributed by atoms with van der Waals surface area (Å²) in [6, 6.07) is 8.87. The standard InChI is InChI=1S/C19H26FN3O4S.C17H24FN3O4S.C17H23FN2O5S/c1-2-14(11-20)13-27-18-6-5-17(12-21-18)28(25,26)23-9-7-15(8-10-23)19(24)22-16-3-4-16;1-3-13(10-18)12-25-15-5-4-14(11-20-15)26(23,24)21-8-6-17(2,7-9-21)16(19)22;1-3-13(10-18)12-25-15-5-4-14(11-19-15)26(23,24)20-8-6-17(2,7-9-20)16(21)22/h5-6,11-12,15-16H,2-4,7-10,13H2,1H3,(H,22,24);4-5,10-11H,3,6-9,12H2,1-2H3,(H2,19,22);4-5,10-11H,3,6-9,12H2,1-2H3,(H,21,22)/b14-11+;2*13-10+. The van der Waals surface area contributed by atoms with Gasteiger partial charge < -0.3 is 30.4 Å². The summed E-state index contributed by atoms with van der Waals surface area (Å²) in [5.74, 6) is -0.750. The highest BCUT2D eigenvalue weighted by Crippen LogP contribution is 2.35. The molecule has 3 aliphatic heterocycles. The van der Waals surface area contributed by atoms with Crippen LogP contribution < -0.4 is 25.3 Å². The van der Waals surface area contributed by atoms with Crippen molar-refractivity contribution < 1.29 is 72.1 Å². The molecular formula is C53H73F3N8O13S3. The van der Waals surface area contributed by atoms with Gasteiger partial charge in [0.25, 0.3) is 0 Å². The van der Waals surface area contributed by atoms with E-state index >= 15 is 0 Å². The fourth-order valence-corrected chi connectivity index (χ4v) is 12.4. The second-order valence-electron chi connectivity index (χ2n) is 20.3. The molecule has 80 heavy (non-hydrogen) atoms. The van der Waals surface area contributed by atoms with Crippen molar-refractivity contribution in [3.63, 3.8) is 0 Å². The molecule has 0 radical (unpaired) electrons. The summed E-state index contributed by atoms with van der Waals surface area (Å²) in [5.41, 5.74) is 5.26. The van der Waals surface area contributed by atoms with Gasteiger partial charge in [0.2, 0.25) is 59.5 Å². The second-order valence-corrected chi connectivity index (χ2v) is 26.1. The lowest BCUT2D eigenvalue weighted by molar-refractivity contribution is -0.150. The number of hydrogen-bond acceptors (Lipinski definition) is 15. The highest BCUT2D eigenvalue weighted by Gasteiger charge is 2.41. The van der Waals surface area contributed by atoms with E-state index in [4.69, 9.17) is 19.9 Å². The minimum atomic E-state index is -3.74. The third-order valence-electron chi connectivity index (χ3n) is 14.6. The second kappa shape index (κ2) is 29.1. The van der Waals surface area contributed by atoms with Crippen molar-refractivity contribution in [3.8, 4) is 17.6 Å². The van der Waals surface area contributed by atoms with Gasteiger partial charge >= 0.3 is 5.97 Å². The summed E-state index contributed by atoms with van der Waals surface area (Å²) in [6.45, 7) is 10.3. The Morgan fingerprint density at radius 1 is 0.588 bits per heavy atom. The zero-order valence-corrected chi connectivity index (χ0v) is 48.1. The van der Waals surface area contributed by atoms with Crippen molar-refractivity contribution in [3.05, 3.63) is 90.7 Å². The first kappa shape index (κ1) is 64.8. The largest absolute Gasteiger partial charge is 0.481 e. The van der Waals surface area contributed by atoms with Crippen molar-refractivity contribution in [2.75, 3.05) is 59.1 Å². The van der Waals surface area contributed by atoms with Crippen LogP contribution in [-0.4, -0.2) is 141 Å². The predicted octanol–water partition coefficient (Wildman–Crippen LogP) is 7.00. The number of carbonyl (C=O) groups excluding carboxylic acids is 2. The van der Waals surface area contributed by atoms with Crippen LogP contribution in [0.1, 0.15) is 105 Å². The van der Waals surface area contributed by atoms with E-state index in [1.54, 1.807) is 27.7 Å². The number of nitrogens with one attached hydrogen (secondary N) is 1. The molecule has 0 unspecified atom stereocenters. The number of rotatable bonds is 22. The van der Waals surface area contributed by atoms with Crippen LogP contribution in [0.15, 0.2) is 105 Å². The molecule has 442 valence electrons. The van der Waals surface area contributed by atoms with Crippen LogP contribution in [0, 0.1) is 16.7 Å². The number of hydrogen-bond donors (Lipinski definition) is 3. The smallest absolute Gasteiger partial charge is 0.309 e. The molecule has 3 aromatic heterocycles. The van der Waals surface area contributed by atoms with Crippen LogP contribution in [0.25, 0.3) is 0 Å². The van der Waals surface area contributed by atoms with Gasteiger partial charge in [-0.2, -0.15) is 12.9 Å². The Labute approximate surface area is 467 Å². The van der Waals surface area contributed by atoms with E-state index in [2.05, 4.69) is 20.3 Å². The molecule has 27 heteroatoms. The average molecular weight is 1180 g/mol. The van der Waals surface area contributed by atoms with Crippen LogP contribution in [0.2, 0.25) is 0 Å². The first-order valence-electron chi connectivity index (χ1n) is 26.3. The van der Waals surface area contributed by atoms with Gasteiger partial charge in [0, 0.05) is 74.8 Å². The number of sulfonamides is 3. The first-order chi connectivity index (χ1) is 37.9. The summed E-state index contributed by atoms with van der Waals surface area (Å²) in [4.78, 5) is 47.0. The third-order valence-corrected chi connectivity index (χ3v) is 20.2.